The SMILES string of the molecule is CC(C)[C@@H]1NC(=O)[C@H](CS)NC(=O)[C@H](CCC(=O)OC(C)(C)C)NC(=O)CC(/C=C/CCS)OC(=O)CNC1=O. The molecule has 1 aliphatic heterocycles. The van der Waals surface area contributed by atoms with Crippen molar-refractivity contribution in [3.8, 4) is 0 Å². The highest BCUT2D eigenvalue weighted by Crippen LogP contribution is 2.12. The topological polar surface area (TPSA) is 169 Å². The molecular formula is C26H42N4O8S2. The van der Waals surface area contributed by atoms with Gasteiger partial charge in [-0.3, -0.25) is 28.8 Å². The Kier molecular flexibility index (Phi) is 15.1. The Balaban J connectivity index is 3.30. The number of carbonyl (C=O) groups is 6. The lowest BCUT2D eigenvalue weighted by Gasteiger charge is -2.27. The first-order valence-electron chi connectivity index (χ1n) is 13.1. The number of allylic oxidation sites excluding steroid dienone is 1. The van der Waals surface area contributed by atoms with Crippen LogP contribution in [0.5, 0.6) is 0 Å². The van der Waals surface area contributed by atoms with Crippen LogP contribution >= 0.6 is 25.3 Å². The molecule has 14 heteroatoms. The second-order valence-electron chi connectivity index (χ2n) is 10.6. The molecule has 1 unspecified atom stereocenters. The van der Waals surface area contributed by atoms with E-state index in [-0.39, 0.29) is 30.9 Å². The maximum Gasteiger partial charge on any atom is 0.326 e. The van der Waals surface area contributed by atoms with Crippen LogP contribution in [0.25, 0.3) is 0 Å². The van der Waals surface area contributed by atoms with Gasteiger partial charge in [-0.25, -0.2) is 0 Å². The number of hydrogen-bond acceptors (Lipinski definition) is 10. The van der Waals surface area contributed by atoms with Crippen molar-refractivity contribution in [2.24, 2.45) is 5.92 Å². The summed E-state index contributed by atoms with van der Waals surface area (Å²) in [7, 11) is 0. The average molecular weight is 603 g/mol. The van der Waals surface area contributed by atoms with E-state index in [9.17, 15) is 28.8 Å². The van der Waals surface area contributed by atoms with Gasteiger partial charge in [0.1, 0.15) is 36.4 Å². The fourth-order valence-corrected chi connectivity index (χ4v) is 3.97. The number of thiol groups is 2. The molecule has 1 rings (SSSR count). The zero-order valence-corrected chi connectivity index (χ0v) is 25.4. The van der Waals surface area contributed by atoms with Crippen LogP contribution in [-0.4, -0.2) is 83.4 Å². The van der Waals surface area contributed by atoms with Crippen LogP contribution in [0, 0.1) is 5.92 Å². The van der Waals surface area contributed by atoms with Gasteiger partial charge in [0, 0.05) is 12.2 Å². The van der Waals surface area contributed by atoms with Crippen LogP contribution in [0.15, 0.2) is 12.2 Å². The van der Waals surface area contributed by atoms with Crippen molar-refractivity contribution in [3.05, 3.63) is 12.2 Å². The Bertz CT molecular complexity index is 951. The molecule has 0 radical (unpaired) electrons. The van der Waals surface area contributed by atoms with Gasteiger partial charge in [0.15, 0.2) is 0 Å². The normalized spacial score (nSPS) is 24.1. The molecule has 0 spiro atoms. The van der Waals surface area contributed by atoms with Crippen molar-refractivity contribution in [1.82, 2.24) is 21.3 Å². The van der Waals surface area contributed by atoms with Gasteiger partial charge in [0.25, 0.3) is 0 Å². The highest BCUT2D eigenvalue weighted by molar-refractivity contribution is 7.80. The van der Waals surface area contributed by atoms with Crippen molar-refractivity contribution in [1.29, 1.82) is 0 Å². The molecule has 0 saturated carbocycles. The lowest BCUT2D eigenvalue weighted by Crippen LogP contribution is -2.59. The van der Waals surface area contributed by atoms with E-state index in [1.54, 1.807) is 40.7 Å². The lowest BCUT2D eigenvalue weighted by atomic mass is 10.0. The third-order valence-electron chi connectivity index (χ3n) is 5.49. The standard InChI is InChI=1S/C26H42N4O8S2/c1-15(2)22-25(36)27-13-21(33)37-16(8-6-7-11-39)12-19(31)28-17(9-10-20(32)38-26(3,4)5)23(34)29-18(14-40)24(35)30-22/h6,8,15-18,22,39-40H,7,9-14H2,1-5H3,(H,27,36)(H,28,31)(H,29,34)(H,30,35)/b8-6+/t16?,17-,18-,22-/m0/s1. The molecule has 0 bridgehead atoms. The molecule has 1 aliphatic rings. The summed E-state index contributed by atoms with van der Waals surface area (Å²) in [4.78, 5) is 76.7. The molecule has 40 heavy (non-hydrogen) atoms. The summed E-state index contributed by atoms with van der Waals surface area (Å²) in [5.74, 6) is -3.98. The summed E-state index contributed by atoms with van der Waals surface area (Å²) in [6.45, 7) is 8.04. The first-order valence-corrected chi connectivity index (χ1v) is 14.4. The summed E-state index contributed by atoms with van der Waals surface area (Å²) >= 11 is 8.29. The molecule has 1 heterocycles. The number of carbonyl (C=O) groups excluding carboxylic acids is 6. The van der Waals surface area contributed by atoms with Crippen molar-refractivity contribution in [2.75, 3.05) is 18.1 Å². The minimum absolute atomic E-state index is 0.110. The second-order valence-corrected chi connectivity index (χ2v) is 11.4. The van der Waals surface area contributed by atoms with Crippen LogP contribution in [-0.2, 0) is 38.2 Å². The minimum atomic E-state index is -1.22. The van der Waals surface area contributed by atoms with Gasteiger partial charge >= 0.3 is 11.9 Å². The molecule has 4 N–H and O–H groups in total. The monoisotopic (exact) mass is 602 g/mol. The maximum absolute atomic E-state index is 13.2. The summed E-state index contributed by atoms with van der Waals surface area (Å²) in [6, 6.07) is -3.38. The Morgan fingerprint density at radius 1 is 1.02 bits per heavy atom. The minimum Gasteiger partial charge on any atom is -0.460 e. The first kappa shape index (κ1) is 35.3. The van der Waals surface area contributed by atoms with Gasteiger partial charge in [0.2, 0.25) is 23.6 Å². The molecule has 226 valence electrons. The number of nitrogens with one attached hydrogen (secondary N) is 4. The molecule has 0 aromatic rings. The van der Waals surface area contributed by atoms with E-state index in [0.717, 1.165) is 0 Å². The number of ether oxygens (including phenoxy) is 2. The molecule has 12 nitrogen and oxygen atoms in total. The van der Waals surface area contributed by atoms with E-state index >= 15 is 0 Å². The highest BCUT2D eigenvalue weighted by atomic mass is 32.1. The molecule has 4 atom stereocenters. The third-order valence-corrected chi connectivity index (χ3v) is 6.12. The van der Waals surface area contributed by atoms with E-state index in [1.165, 1.54) is 6.08 Å². The van der Waals surface area contributed by atoms with Crippen LogP contribution in [0.1, 0.15) is 60.3 Å². The predicted octanol–water partition coefficient (Wildman–Crippen LogP) is 0.456. The van der Waals surface area contributed by atoms with Crippen LogP contribution in [0.2, 0.25) is 0 Å². The molecule has 0 aromatic heterocycles. The van der Waals surface area contributed by atoms with Crippen LogP contribution in [0.3, 0.4) is 0 Å². The van der Waals surface area contributed by atoms with Crippen molar-refractivity contribution in [3.63, 3.8) is 0 Å². The number of amides is 4. The maximum atomic E-state index is 13.2. The molecular weight excluding hydrogens is 560 g/mol. The molecule has 4 amide bonds. The zero-order valence-electron chi connectivity index (χ0n) is 23.7. The zero-order chi connectivity index (χ0) is 30.5. The smallest absolute Gasteiger partial charge is 0.326 e. The van der Waals surface area contributed by atoms with Gasteiger partial charge < -0.3 is 30.7 Å². The third kappa shape index (κ3) is 13.6. The quantitative estimate of drug-likeness (QED) is 0.132. The number of cyclic esters (lactones) is 1. The first-order chi connectivity index (χ1) is 18.7. The summed E-state index contributed by atoms with van der Waals surface area (Å²) in [5.41, 5.74) is -0.742. The van der Waals surface area contributed by atoms with Gasteiger partial charge in [-0.15, -0.1) is 0 Å². The Morgan fingerprint density at radius 3 is 2.25 bits per heavy atom. The molecule has 0 aliphatic carbocycles. The Morgan fingerprint density at radius 2 is 1.68 bits per heavy atom. The van der Waals surface area contributed by atoms with Crippen molar-refractivity contribution < 1.29 is 38.2 Å². The summed E-state index contributed by atoms with van der Waals surface area (Å²) in [6.07, 6.45) is 2.15. The van der Waals surface area contributed by atoms with E-state index < -0.39 is 71.9 Å². The van der Waals surface area contributed by atoms with Gasteiger partial charge in [-0.1, -0.05) is 19.9 Å². The number of esters is 2. The van der Waals surface area contributed by atoms with E-state index in [2.05, 4.69) is 46.5 Å². The Labute approximate surface area is 246 Å². The number of rotatable bonds is 8. The van der Waals surface area contributed by atoms with Crippen molar-refractivity contribution >= 4 is 60.8 Å². The second kappa shape index (κ2) is 17.2. The van der Waals surface area contributed by atoms with Gasteiger partial charge in [-0.2, -0.15) is 25.3 Å². The van der Waals surface area contributed by atoms with Crippen LogP contribution in [0.4, 0.5) is 0 Å². The Hall–Kier alpha value is -2.74. The van der Waals surface area contributed by atoms with Gasteiger partial charge in [-0.05, 0) is 51.4 Å². The lowest BCUT2D eigenvalue weighted by molar-refractivity contribution is -0.155. The highest BCUT2D eigenvalue weighted by Gasteiger charge is 2.32. The van der Waals surface area contributed by atoms with Crippen LogP contribution < -0.4 is 21.3 Å². The van der Waals surface area contributed by atoms with E-state index in [1.807, 2.05) is 0 Å². The average Bonchev–Trinajstić information content (AvgIpc) is 2.84. The molecule has 1 fully saturated rings. The van der Waals surface area contributed by atoms with E-state index in [4.69, 9.17) is 9.47 Å². The fraction of sp³-hybridized carbons (Fsp3) is 0.692. The summed E-state index contributed by atoms with van der Waals surface area (Å²) < 4.78 is 10.7. The van der Waals surface area contributed by atoms with E-state index in [0.29, 0.717) is 12.2 Å². The van der Waals surface area contributed by atoms with Crippen molar-refractivity contribution in [2.45, 2.75) is 90.1 Å². The molecule has 0 aromatic carbocycles. The fourth-order valence-electron chi connectivity index (χ4n) is 3.57. The number of hydrogen-bond donors (Lipinski definition) is 6. The largest absolute Gasteiger partial charge is 0.460 e. The predicted molar refractivity (Wildman–Crippen MR) is 155 cm³/mol. The molecule has 1 saturated heterocycles. The van der Waals surface area contributed by atoms with Gasteiger partial charge in [0.05, 0.1) is 6.42 Å². The summed E-state index contributed by atoms with van der Waals surface area (Å²) in [5, 5.41) is 10.1.